The van der Waals surface area contributed by atoms with Gasteiger partial charge in [-0.25, -0.2) is 4.98 Å². The van der Waals surface area contributed by atoms with E-state index >= 15 is 0 Å². The zero-order chi connectivity index (χ0) is 29.1. The zero-order valence-electron chi connectivity index (χ0n) is 23.3. The molecule has 0 amide bonds. The SMILES string of the molecule is C=C/C(=C\C(=C)C(F)(F)F)CN(Cc1cc2cccc(C)c2nc1N(CC1CC1)CC1CC1)c1nnn(CCO)n1. The van der Waals surface area contributed by atoms with E-state index in [1.54, 1.807) is 4.90 Å². The van der Waals surface area contributed by atoms with E-state index in [1.807, 2.05) is 12.1 Å². The minimum absolute atomic E-state index is 0.0416. The molecule has 2 saturated carbocycles. The van der Waals surface area contributed by atoms with Crippen molar-refractivity contribution in [2.75, 3.05) is 36.0 Å². The first kappa shape index (κ1) is 28.8. The summed E-state index contributed by atoms with van der Waals surface area (Å²) in [5.74, 6) is 2.42. The maximum atomic E-state index is 13.3. The van der Waals surface area contributed by atoms with E-state index in [0.29, 0.717) is 17.4 Å². The third kappa shape index (κ3) is 7.32. The van der Waals surface area contributed by atoms with Crippen LogP contribution >= 0.6 is 0 Å². The maximum absolute atomic E-state index is 13.3. The lowest BCUT2D eigenvalue weighted by molar-refractivity contribution is -0.0878. The number of fused-ring (bicyclic) bond motifs is 1. The van der Waals surface area contributed by atoms with Gasteiger partial charge >= 0.3 is 6.18 Å². The number of alkyl halides is 3. The molecule has 3 aromatic rings. The number of aliphatic hydroxyl groups is 1. The van der Waals surface area contributed by atoms with Gasteiger partial charge in [0.25, 0.3) is 5.95 Å². The lowest BCUT2D eigenvalue weighted by atomic mass is 10.1. The highest BCUT2D eigenvalue weighted by molar-refractivity contribution is 5.84. The summed E-state index contributed by atoms with van der Waals surface area (Å²) in [6, 6.07) is 8.19. The van der Waals surface area contributed by atoms with Gasteiger partial charge in [0.15, 0.2) is 0 Å². The van der Waals surface area contributed by atoms with Crippen molar-refractivity contribution in [2.24, 2.45) is 11.8 Å². The monoisotopic (exact) mass is 567 g/mol. The second-order valence-electron chi connectivity index (χ2n) is 11.1. The molecule has 2 aliphatic rings. The summed E-state index contributed by atoms with van der Waals surface area (Å²) in [4.78, 5) is 10.6. The zero-order valence-corrected chi connectivity index (χ0v) is 23.3. The van der Waals surface area contributed by atoms with Crippen LogP contribution in [0.2, 0.25) is 0 Å². The molecule has 2 heterocycles. The number of hydrogen-bond donors (Lipinski definition) is 1. The molecule has 1 N–H and O–H groups in total. The van der Waals surface area contributed by atoms with Crippen LogP contribution in [0.1, 0.15) is 36.8 Å². The minimum Gasteiger partial charge on any atom is -0.394 e. The molecule has 0 saturated heterocycles. The van der Waals surface area contributed by atoms with Crippen LogP contribution in [-0.4, -0.2) is 62.7 Å². The number of allylic oxidation sites excluding steroid dienone is 2. The number of aromatic nitrogens is 5. The van der Waals surface area contributed by atoms with E-state index < -0.39 is 11.7 Å². The van der Waals surface area contributed by atoms with Crippen molar-refractivity contribution in [1.29, 1.82) is 0 Å². The molecule has 5 rings (SSSR count). The van der Waals surface area contributed by atoms with Crippen LogP contribution < -0.4 is 9.80 Å². The standard InChI is InChI=1S/C30H36F3N7O/c1-4-22(14-21(3)30(31,32)33)16-39(29-35-37-40(36-29)12-13-41)19-26-15-25-7-5-6-20(2)27(25)34-28(26)38(17-23-8-9-23)18-24-10-11-24/h4-7,14-15,23-24,41H,1,3,8-13,16-19H2,2H3/b22-14+. The molecule has 0 aliphatic heterocycles. The highest BCUT2D eigenvalue weighted by atomic mass is 19.4. The average Bonchev–Trinajstić information content (AvgIpc) is 3.87. The number of pyridine rings is 1. The van der Waals surface area contributed by atoms with Gasteiger partial charge in [-0.15, -0.1) is 5.10 Å². The van der Waals surface area contributed by atoms with E-state index in [4.69, 9.17) is 4.98 Å². The third-order valence-electron chi connectivity index (χ3n) is 7.50. The second kappa shape index (κ2) is 12.0. The number of aryl methyl sites for hydroxylation is 1. The number of tetrazole rings is 1. The van der Waals surface area contributed by atoms with Crippen molar-refractivity contribution in [3.05, 3.63) is 71.8 Å². The Morgan fingerprint density at radius 2 is 1.85 bits per heavy atom. The van der Waals surface area contributed by atoms with Crippen LogP contribution in [0.5, 0.6) is 0 Å². The van der Waals surface area contributed by atoms with Gasteiger partial charge in [0.2, 0.25) is 0 Å². The molecule has 0 atom stereocenters. The first-order valence-corrected chi connectivity index (χ1v) is 14.0. The summed E-state index contributed by atoms with van der Waals surface area (Å²) in [7, 11) is 0. The Labute approximate surface area is 237 Å². The summed E-state index contributed by atoms with van der Waals surface area (Å²) in [5, 5.41) is 22.9. The highest BCUT2D eigenvalue weighted by Gasteiger charge is 2.32. The number of aliphatic hydroxyl groups excluding tert-OH is 1. The van der Waals surface area contributed by atoms with Gasteiger partial charge in [-0.2, -0.15) is 18.0 Å². The number of nitrogens with zero attached hydrogens (tertiary/aromatic N) is 7. The molecule has 0 bridgehead atoms. The van der Waals surface area contributed by atoms with Gasteiger partial charge in [-0.05, 0) is 72.9 Å². The Balaban J connectivity index is 1.56. The molecule has 0 spiro atoms. The molecule has 2 aromatic heterocycles. The van der Waals surface area contributed by atoms with Gasteiger partial charge in [-0.1, -0.05) is 42.5 Å². The molecule has 2 fully saturated rings. The number of anilines is 2. The molecule has 218 valence electrons. The molecule has 1 aromatic carbocycles. The topological polar surface area (TPSA) is 83.2 Å². The fraction of sp³-hybridized carbons (Fsp3) is 0.467. The third-order valence-corrected chi connectivity index (χ3v) is 7.50. The van der Waals surface area contributed by atoms with Crippen LogP contribution in [0.4, 0.5) is 24.9 Å². The van der Waals surface area contributed by atoms with E-state index in [2.05, 4.69) is 52.5 Å². The van der Waals surface area contributed by atoms with Crippen molar-refractivity contribution in [3.63, 3.8) is 0 Å². The number of para-hydroxylation sites is 1. The minimum atomic E-state index is -4.55. The normalized spacial score (nSPS) is 15.8. The van der Waals surface area contributed by atoms with Crippen molar-refractivity contribution in [1.82, 2.24) is 25.2 Å². The van der Waals surface area contributed by atoms with E-state index in [-0.39, 0.29) is 32.2 Å². The number of halogens is 3. The second-order valence-corrected chi connectivity index (χ2v) is 11.1. The summed E-state index contributed by atoms with van der Waals surface area (Å²) in [6.45, 7) is 11.2. The lowest BCUT2D eigenvalue weighted by Crippen LogP contribution is -2.32. The highest BCUT2D eigenvalue weighted by Crippen LogP contribution is 2.37. The lowest BCUT2D eigenvalue weighted by Gasteiger charge is -2.29. The molecule has 0 unspecified atom stereocenters. The Kier molecular flexibility index (Phi) is 8.44. The largest absolute Gasteiger partial charge is 0.415 e. The van der Waals surface area contributed by atoms with Crippen LogP contribution in [0.15, 0.2) is 60.7 Å². The predicted octanol–water partition coefficient (Wildman–Crippen LogP) is 5.39. The van der Waals surface area contributed by atoms with Crippen LogP contribution in [0, 0.1) is 18.8 Å². The maximum Gasteiger partial charge on any atom is 0.415 e. The molecule has 2 aliphatic carbocycles. The van der Waals surface area contributed by atoms with E-state index in [9.17, 15) is 18.3 Å². The number of hydrogen-bond acceptors (Lipinski definition) is 7. The van der Waals surface area contributed by atoms with Crippen molar-refractivity contribution < 1.29 is 18.3 Å². The Morgan fingerprint density at radius 3 is 2.46 bits per heavy atom. The molecule has 11 heteroatoms. The molecule has 0 radical (unpaired) electrons. The van der Waals surface area contributed by atoms with Crippen LogP contribution in [0.3, 0.4) is 0 Å². The van der Waals surface area contributed by atoms with Gasteiger partial charge in [0, 0.05) is 42.7 Å². The smallest absolute Gasteiger partial charge is 0.394 e. The van der Waals surface area contributed by atoms with E-state index in [1.165, 1.54) is 36.6 Å². The number of benzene rings is 1. The number of rotatable bonds is 14. The molecular formula is C30H36F3N7O. The van der Waals surface area contributed by atoms with Gasteiger partial charge in [0.1, 0.15) is 5.82 Å². The molecule has 41 heavy (non-hydrogen) atoms. The Morgan fingerprint density at radius 1 is 1.15 bits per heavy atom. The van der Waals surface area contributed by atoms with Gasteiger partial charge in [-0.3, -0.25) is 0 Å². The summed E-state index contributed by atoms with van der Waals surface area (Å²) in [5.41, 5.74) is 2.30. The average molecular weight is 568 g/mol. The fourth-order valence-corrected chi connectivity index (χ4v) is 4.89. The molecule has 8 nitrogen and oxygen atoms in total. The van der Waals surface area contributed by atoms with Crippen molar-refractivity contribution >= 4 is 22.7 Å². The Hall–Kier alpha value is -3.73. The summed E-state index contributed by atoms with van der Waals surface area (Å²) >= 11 is 0. The van der Waals surface area contributed by atoms with Crippen LogP contribution in [-0.2, 0) is 13.1 Å². The first-order chi connectivity index (χ1) is 19.6. The van der Waals surface area contributed by atoms with Crippen molar-refractivity contribution in [3.8, 4) is 0 Å². The fourth-order valence-electron chi connectivity index (χ4n) is 4.89. The van der Waals surface area contributed by atoms with Gasteiger partial charge in [0.05, 0.1) is 18.7 Å². The summed E-state index contributed by atoms with van der Waals surface area (Å²) in [6.07, 6.45) is 2.67. The van der Waals surface area contributed by atoms with Crippen LogP contribution in [0.25, 0.3) is 10.9 Å². The quantitative estimate of drug-likeness (QED) is 0.262. The predicted molar refractivity (Wildman–Crippen MR) is 154 cm³/mol. The van der Waals surface area contributed by atoms with E-state index in [0.717, 1.165) is 47.0 Å². The van der Waals surface area contributed by atoms with Crippen molar-refractivity contribution in [2.45, 2.75) is 51.9 Å². The first-order valence-electron chi connectivity index (χ1n) is 14.0. The van der Waals surface area contributed by atoms with Gasteiger partial charge < -0.3 is 14.9 Å². The Bertz CT molecular complexity index is 1430. The summed E-state index contributed by atoms with van der Waals surface area (Å²) < 4.78 is 39.9. The molecular weight excluding hydrogens is 531 g/mol.